The first-order valence-corrected chi connectivity index (χ1v) is 9.73. The molecule has 1 N–H and O–H groups in total. The highest BCUT2D eigenvalue weighted by Gasteiger charge is 2.21. The fourth-order valence-electron chi connectivity index (χ4n) is 2.41. The lowest BCUT2D eigenvalue weighted by molar-refractivity contribution is -0.117. The zero-order chi connectivity index (χ0) is 21.1. The largest absolute Gasteiger partial charge is 0.435 e. The third-order valence-electron chi connectivity index (χ3n) is 3.78. The summed E-state index contributed by atoms with van der Waals surface area (Å²) in [5.74, 6) is -0.457. The van der Waals surface area contributed by atoms with E-state index < -0.39 is 24.6 Å². The Kier molecular flexibility index (Phi) is 6.52. The number of alkyl halides is 4. The summed E-state index contributed by atoms with van der Waals surface area (Å²) in [5, 5.41) is 8.32. The van der Waals surface area contributed by atoms with Crippen LogP contribution < -0.4 is 10.1 Å². The molecule has 0 aliphatic carbocycles. The molecule has 0 radical (unpaired) electrons. The smallest absolute Gasteiger partial charge is 0.387 e. The van der Waals surface area contributed by atoms with Crippen LogP contribution in [-0.4, -0.2) is 27.3 Å². The van der Waals surface area contributed by atoms with E-state index in [2.05, 4.69) is 36.1 Å². The number of ether oxygens (including phenoxy) is 1. The van der Waals surface area contributed by atoms with Crippen LogP contribution in [0.5, 0.6) is 5.75 Å². The van der Waals surface area contributed by atoms with Crippen molar-refractivity contribution >= 4 is 38.3 Å². The molecule has 1 amide bonds. The van der Waals surface area contributed by atoms with E-state index >= 15 is 0 Å². The topological polar surface area (TPSA) is 69.0 Å². The molecule has 0 bridgehead atoms. The molecule has 0 saturated carbocycles. The molecule has 0 spiro atoms. The zero-order valence-electron chi connectivity index (χ0n) is 14.7. The minimum atomic E-state index is -2.90. The standard InChI is InChI=1S/C17H13BrF4N4O2S/c1-8-13(18)14(15(19)20)25-26(8)6-12(27)24-17-23-11(7-29-17)9-2-4-10(5-3-9)28-16(21)22/h2-5,7,15-16H,6H2,1H3,(H,23,24,27). The number of anilines is 1. The number of hydrogen-bond donors (Lipinski definition) is 1. The molecule has 0 unspecified atom stereocenters. The second-order valence-electron chi connectivity index (χ2n) is 5.73. The highest BCUT2D eigenvalue weighted by molar-refractivity contribution is 9.10. The molecular formula is C17H13BrF4N4O2S. The number of benzene rings is 1. The summed E-state index contributed by atoms with van der Waals surface area (Å²) >= 11 is 4.21. The summed E-state index contributed by atoms with van der Waals surface area (Å²) in [4.78, 5) is 16.5. The van der Waals surface area contributed by atoms with Crippen LogP contribution in [0.1, 0.15) is 17.8 Å². The highest BCUT2D eigenvalue weighted by Crippen LogP contribution is 2.29. The molecular weight excluding hydrogens is 480 g/mol. The van der Waals surface area contributed by atoms with Crippen LogP contribution in [0.25, 0.3) is 11.3 Å². The second-order valence-corrected chi connectivity index (χ2v) is 7.38. The summed E-state index contributed by atoms with van der Waals surface area (Å²) in [6.07, 6.45) is -2.76. The van der Waals surface area contributed by atoms with E-state index in [1.165, 1.54) is 16.8 Å². The Hall–Kier alpha value is -2.47. The molecule has 3 rings (SSSR count). The van der Waals surface area contributed by atoms with E-state index in [0.29, 0.717) is 22.1 Å². The van der Waals surface area contributed by atoms with Crippen LogP contribution in [0.15, 0.2) is 34.1 Å². The minimum absolute atomic E-state index is 0.0245. The van der Waals surface area contributed by atoms with Gasteiger partial charge in [0.05, 0.1) is 15.9 Å². The maximum absolute atomic E-state index is 12.9. The molecule has 154 valence electrons. The van der Waals surface area contributed by atoms with Crippen molar-refractivity contribution in [3.05, 3.63) is 45.5 Å². The maximum atomic E-state index is 12.9. The van der Waals surface area contributed by atoms with Crippen molar-refractivity contribution in [2.24, 2.45) is 0 Å². The van der Waals surface area contributed by atoms with Crippen LogP contribution in [0.4, 0.5) is 22.7 Å². The number of aromatic nitrogens is 3. The molecule has 12 heteroatoms. The van der Waals surface area contributed by atoms with Gasteiger partial charge in [0.25, 0.3) is 6.43 Å². The van der Waals surface area contributed by atoms with Crippen molar-refractivity contribution in [2.75, 3.05) is 5.32 Å². The van der Waals surface area contributed by atoms with Crippen molar-refractivity contribution in [3.8, 4) is 17.0 Å². The molecule has 0 fully saturated rings. The van der Waals surface area contributed by atoms with Crippen molar-refractivity contribution in [1.82, 2.24) is 14.8 Å². The molecule has 0 aliphatic rings. The van der Waals surface area contributed by atoms with Crippen LogP contribution in [0.3, 0.4) is 0 Å². The minimum Gasteiger partial charge on any atom is -0.435 e. The van der Waals surface area contributed by atoms with Gasteiger partial charge in [0.15, 0.2) is 5.13 Å². The summed E-state index contributed by atoms with van der Waals surface area (Å²) < 4.78 is 55.8. The van der Waals surface area contributed by atoms with Crippen molar-refractivity contribution in [2.45, 2.75) is 26.5 Å². The van der Waals surface area contributed by atoms with Crippen LogP contribution >= 0.6 is 27.3 Å². The van der Waals surface area contributed by atoms with E-state index in [4.69, 9.17) is 0 Å². The van der Waals surface area contributed by atoms with Crippen molar-refractivity contribution in [3.63, 3.8) is 0 Å². The molecule has 0 aliphatic heterocycles. The third kappa shape index (κ3) is 5.12. The molecule has 2 aromatic heterocycles. The lowest BCUT2D eigenvalue weighted by atomic mass is 10.2. The Morgan fingerprint density at radius 1 is 1.28 bits per heavy atom. The van der Waals surface area contributed by atoms with Crippen LogP contribution in [0, 0.1) is 6.92 Å². The zero-order valence-corrected chi connectivity index (χ0v) is 17.1. The first-order valence-electron chi connectivity index (χ1n) is 8.06. The van der Waals surface area contributed by atoms with Gasteiger partial charge in [-0.15, -0.1) is 11.3 Å². The summed E-state index contributed by atoms with van der Waals surface area (Å²) in [7, 11) is 0. The van der Waals surface area contributed by atoms with E-state index in [0.717, 1.165) is 11.3 Å². The Bertz CT molecular complexity index is 1010. The van der Waals surface area contributed by atoms with Crippen LogP contribution in [0.2, 0.25) is 0 Å². The summed E-state index contributed by atoms with van der Waals surface area (Å²) in [6, 6.07) is 5.90. The third-order valence-corrected chi connectivity index (χ3v) is 5.52. The first kappa shape index (κ1) is 21.2. The maximum Gasteiger partial charge on any atom is 0.387 e. The predicted molar refractivity (Wildman–Crippen MR) is 102 cm³/mol. The number of carbonyl (C=O) groups is 1. The first-order chi connectivity index (χ1) is 13.7. The van der Waals surface area contributed by atoms with Gasteiger partial charge in [0, 0.05) is 10.9 Å². The molecule has 29 heavy (non-hydrogen) atoms. The fourth-order valence-corrected chi connectivity index (χ4v) is 3.60. The van der Waals surface area contributed by atoms with E-state index in [-0.39, 0.29) is 16.8 Å². The number of halogens is 5. The number of thiazole rings is 1. The van der Waals surface area contributed by atoms with Gasteiger partial charge in [0.2, 0.25) is 5.91 Å². The number of rotatable bonds is 7. The van der Waals surface area contributed by atoms with Gasteiger partial charge >= 0.3 is 6.61 Å². The number of carbonyl (C=O) groups excluding carboxylic acids is 1. The van der Waals surface area contributed by atoms with Gasteiger partial charge in [-0.2, -0.15) is 13.9 Å². The molecule has 3 aromatic rings. The van der Waals surface area contributed by atoms with Gasteiger partial charge < -0.3 is 10.1 Å². The molecule has 6 nitrogen and oxygen atoms in total. The Morgan fingerprint density at radius 3 is 2.55 bits per heavy atom. The predicted octanol–water partition coefficient (Wildman–Crippen LogP) is 5.26. The SMILES string of the molecule is Cc1c(Br)c(C(F)F)nn1CC(=O)Nc1nc(-c2ccc(OC(F)F)cc2)cs1. The van der Waals surface area contributed by atoms with E-state index in [9.17, 15) is 22.4 Å². The Balaban J connectivity index is 1.66. The van der Waals surface area contributed by atoms with Crippen molar-refractivity contribution in [1.29, 1.82) is 0 Å². The van der Waals surface area contributed by atoms with Gasteiger partial charge in [-0.25, -0.2) is 13.8 Å². The van der Waals surface area contributed by atoms with E-state index in [1.54, 1.807) is 24.4 Å². The van der Waals surface area contributed by atoms with Gasteiger partial charge in [-0.1, -0.05) is 0 Å². The highest BCUT2D eigenvalue weighted by atomic mass is 79.9. The lowest BCUT2D eigenvalue weighted by Crippen LogP contribution is -2.20. The average Bonchev–Trinajstić information content (AvgIpc) is 3.22. The summed E-state index contributed by atoms with van der Waals surface area (Å²) in [6.45, 7) is -1.59. The van der Waals surface area contributed by atoms with Gasteiger partial charge in [-0.05, 0) is 47.1 Å². The number of nitrogens with zero attached hydrogens (tertiary/aromatic N) is 3. The second kappa shape index (κ2) is 8.91. The number of hydrogen-bond acceptors (Lipinski definition) is 5. The average molecular weight is 493 g/mol. The normalized spacial score (nSPS) is 11.3. The van der Waals surface area contributed by atoms with Gasteiger partial charge in [-0.3, -0.25) is 9.48 Å². The molecule has 1 aromatic carbocycles. The Labute approximate surface area is 174 Å². The molecule has 0 atom stereocenters. The number of amides is 1. The monoisotopic (exact) mass is 492 g/mol. The quantitative estimate of drug-likeness (QED) is 0.457. The Morgan fingerprint density at radius 2 is 1.97 bits per heavy atom. The molecule has 2 heterocycles. The number of nitrogens with one attached hydrogen (secondary N) is 1. The molecule has 0 saturated heterocycles. The van der Waals surface area contributed by atoms with Crippen LogP contribution in [-0.2, 0) is 11.3 Å². The van der Waals surface area contributed by atoms with Crippen molar-refractivity contribution < 1.29 is 27.1 Å². The van der Waals surface area contributed by atoms with Gasteiger partial charge in [0.1, 0.15) is 18.0 Å². The summed E-state index contributed by atoms with van der Waals surface area (Å²) in [5.41, 5.74) is 1.16. The van der Waals surface area contributed by atoms with E-state index in [1.807, 2.05) is 0 Å². The fraction of sp³-hybridized carbons (Fsp3) is 0.235. The lowest BCUT2D eigenvalue weighted by Gasteiger charge is -2.05.